The first kappa shape index (κ1) is 17.9. The van der Waals surface area contributed by atoms with E-state index in [1.165, 1.54) is 45.3 Å². The smallest absolute Gasteiger partial charge is 0.151 e. The van der Waals surface area contributed by atoms with Crippen LogP contribution in [-0.4, -0.2) is 59.9 Å². The van der Waals surface area contributed by atoms with Crippen molar-refractivity contribution in [2.75, 3.05) is 37.6 Å². The van der Waals surface area contributed by atoms with E-state index in [0.717, 1.165) is 24.8 Å². The molecule has 3 rings (SSSR count). The zero-order chi connectivity index (χ0) is 16.9. The van der Waals surface area contributed by atoms with Crippen LogP contribution in [0.2, 0.25) is 5.15 Å². The lowest BCUT2D eigenvalue weighted by molar-refractivity contribution is 0.171. The Morgan fingerprint density at radius 1 is 1.04 bits per heavy atom. The molecule has 0 bridgehead atoms. The van der Waals surface area contributed by atoms with E-state index in [4.69, 9.17) is 11.6 Å². The second kappa shape index (κ2) is 8.45. The quantitative estimate of drug-likeness (QED) is 0.883. The van der Waals surface area contributed by atoms with E-state index in [2.05, 4.69) is 39.2 Å². The molecule has 1 aromatic rings. The van der Waals surface area contributed by atoms with Gasteiger partial charge in [0, 0.05) is 31.7 Å². The summed E-state index contributed by atoms with van der Waals surface area (Å²) in [6.07, 6.45) is 4.93. The predicted molar refractivity (Wildman–Crippen MR) is 99.7 cm³/mol. The molecule has 2 aliphatic heterocycles. The third-order valence-electron chi connectivity index (χ3n) is 5.12. The monoisotopic (exact) mass is 351 g/mol. The molecule has 6 heteroatoms. The summed E-state index contributed by atoms with van der Waals surface area (Å²) in [7, 11) is 0. The molecule has 134 valence electrons. The number of hydrogen-bond acceptors (Lipinski definition) is 5. The Bertz CT molecular complexity index is 491. The van der Waals surface area contributed by atoms with Crippen molar-refractivity contribution in [3.63, 3.8) is 0 Å². The van der Waals surface area contributed by atoms with Crippen LogP contribution < -0.4 is 10.2 Å². The molecule has 2 saturated heterocycles. The van der Waals surface area contributed by atoms with Crippen molar-refractivity contribution in [1.29, 1.82) is 0 Å². The van der Waals surface area contributed by atoms with Crippen molar-refractivity contribution < 1.29 is 0 Å². The number of anilines is 1. The highest BCUT2D eigenvalue weighted by atomic mass is 35.5. The Balaban J connectivity index is 1.39. The van der Waals surface area contributed by atoms with Gasteiger partial charge in [0.05, 0.1) is 0 Å². The van der Waals surface area contributed by atoms with Gasteiger partial charge in [0.25, 0.3) is 0 Å². The summed E-state index contributed by atoms with van der Waals surface area (Å²) in [4.78, 5) is 4.93. The fraction of sp³-hybridized carbons (Fsp3) is 0.778. The van der Waals surface area contributed by atoms with Gasteiger partial charge in [-0.1, -0.05) is 25.4 Å². The summed E-state index contributed by atoms with van der Waals surface area (Å²) in [5, 5.41) is 12.5. The molecule has 0 aliphatic carbocycles. The molecule has 0 atom stereocenters. The van der Waals surface area contributed by atoms with Crippen LogP contribution in [0.15, 0.2) is 12.1 Å². The summed E-state index contributed by atoms with van der Waals surface area (Å²) in [5.74, 6) is 1.72. The van der Waals surface area contributed by atoms with Gasteiger partial charge in [-0.3, -0.25) is 0 Å². The number of halogens is 1. The Morgan fingerprint density at radius 3 is 2.21 bits per heavy atom. The van der Waals surface area contributed by atoms with E-state index in [1.54, 1.807) is 0 Å². The lowest BCUT2D eigenvalue weighted by atomic mass is 9.99. The van der Waals surface area contributed by atoms with Crippen molar-refractivity contribution in [1.82, 2.24) is 20.4 Å². The van der Waals surface area contributed by atoms with Gasteiger partial charge in [0.1, 0.15) is 0 Å². The molecule has 24 heavy (non-hydrogen) atoms. The van der Waals surface area contributed by atoms with Crippen LogP contribution in [0.25, 0.3) is 0 Å². The maximum absolute atomic E-state index is 5.81. The van der Waals surface area contributed by atoms with Crippen molar-refractivity contribution in [2.24, 2.45) is 5.92 Å². The van der Waals surface area contributed by atoms with Gasteiger partial charge in [0.2, 0.25) is 0 Å². The zero-order valence-electron chi connectivity index (χ0n) is 14.9. The molecule has 0 radical (unpaired) electrons. The SMILES string of the molecule is CC(C)CN1CCC(NC2CCN(c3ccc(Cl)nn3)CC2)CC1. The number of hydrogen-bond donors (Lipinski definition) is 1. The van der Waals surface area contributed by atoms with Crippen molar-refractivity contribution in [2.45, 2.75) is 51.6 Å². The van der Waals surface area contributed by atoms with Gasteiger partial charge >= 0.3 is 0 Å². The Labute approximate surface area is 150 Å². The van der Waals surface area contributed by atoms with E-state index in [-0.39, 0.29) is 0 Å². The van der Waals surface area contributed by atoms with Gasteiger partial charge in [-0.05, 0) is 56.8 Å². The minimum Gasteiger partial charge on any atom is -0.355 e. The van der Waals surface area contributed by atoms with E-state index in [9.17, 15) is 0 Å². The maximum atomic E-state index is 5.81. The van der Waals surface area contributed by atoms with Crippen molar-refractivity contribution in [3.8, 4) is 0 Å². The Hall–Kier alpha value is -0.910. The summed E-state index contributed by atoms with van der Waals surface area (Å²) in [5.41, 5.74) is 0. The standard InChI is InChI=1S/C18H30ClN5/c1-14(2)13-23-9-5-15(6-10-23)20-16-7-11-24(12-8-16)18-4-3-17(19)21-22-18/h3-4,14-16,20H,5-13H2,1-2H3. The van der Waals surface area contributed by atoms with E-state index in [0.29, 0.717) is 17.2 Å². The largest absolute Gasteiger partial charge is 0.355 e. The fourth-order valence-electron chi connectivity index (χ4n) is 3.88. The zero-order valence-corrected chi connectivity index (χ0v) is 15.7. The van der Waals surface area contributed by atoms with Crippen molar-refractivity contribution >= 4 is 17.4 Å². The first-order valence-electron chi connectivity index (χ1n) is 9.32. The number of rotatable bonds is 5. The van der Waals surface area contributed by atoms with Crippen LogP contribution in [0.5, 0.6) is 0 Å². The molecule has 2 aliphatic rings. The highest BCUT2D eigenvalue weighted by Crippen LogP contribution is 2.20. The van der Waals surface area contributed by atoms with Crippen LogP contribution in [0, 0.1) is 5.92 Å². The van der Waals surface area contributed by atoms with Gasteiger partial charge in [-0.15, -0.1) is 10.2 Å². The molecule has 0 saturated carbocycles. The average molecular weight is 352 g/mol. The molecule has 2 fully saturated rings. The van der Waals surface area contributed by atoms with Crippen LogP contribution in [0.1, 0.15) is 39.5 Å². The van der Waals surface area contributed by atoms with Gasteiger partial charge in [-0.25, -0.2) is 0 Å². The van der Waals surface area contributed by atoms with Gasteiger partial charge in [-0.2, -0.15) is 0 Å². The maximum Gasteiger partial charge on any atom is 0.151 e. The second-order valence-corrected chi connectivity index (χ2v) is 8.00. The van der Waals surface area contributed by atoms with Crippen LogP contribution in [-0.2, 0) is 0 Å². The second-order valence-electron chi connectivity index (χ2n) is 7.61. The molecular weight excluding hydrogens is 322 g/mol. The molecule has 3 heterocycles. The minimum absolute atomic E-state index is 0.458. The number of likely N-dealkylation sites (tertiary alicyclic amines) is 1. The number of nitrogens with zero attached hydrogens (tertiary/aromatic N) is 4. The highest BCUT2D eigenvalue weighted by Gasteiger charge is 2.25. The molecule has 1 aromatic heterocycles. The molecular formula is C18H30ClN5. The first-order chi connectivity index (χ1) is 11.6. The Morgan fingerprint density at radius 2 is 1.67 bits per heavy atom. The average Bonchev–Trinajstić information content (AvgIpc) is 2.58. The summed E-state index contributed by atoms with van der Waals surface area (Å²) >= 11 is 5.81. The van der Waals surface area contributed by atoms with E-state index < -0.39 is 0 Å². The Kier molecular flexibility index (Phi) is 6.31. The van der Waals surface area contributed by atoms with Gasteiger partial charge < -0.3 is 15.1 Å². The molecule has 0 spiro atoms. The van der Waals surface area contributed by atoms with Gasteiger partial charge in [0.15, 0.2) is 11.0 Å². The lowest BCUT2D eigenvalue weighted by Crippen LogP contribution is -2.50. The normalized spacial score (nSPS) is 21.6. The highest BCUT2D eigenvalue weighted by molar-refractivity contribution is 6.29. The topological polar surface area (TPSA) is 44.3 Å². The number of nitrogens with one attached hydrogen (secondary N) is 1. The molecule has 1 N–H and O–H groups in total. The first-order valence-corrected chi connectivity index (χ1v) is 9.70. The van der Waals surface area contributed by atoms with E-state index >= 15 is 0 Å². The minimum atomic E-state index is 0.458. The molecule has 5 nitrogen and oxygen atoms in total. The fourth-order valence-corrected chi connectivity index (χ4v) is 3.99. The number of aromatic nitrogens is 2. The van der Waals surface area contributed by atoms with Crippen LogP contribution in [0.4, 0.5) is 5.82 Å². The molecule has 0 aromatic carbocycles. The molecule has 0 amide bonds. The molecule has 0 unspecified atom stereocenters. The summed E-state index contributed by atoms with van der Waals surface area (Å²) < 4.78 is 0. The lowest BCUT2D eigenvalue weighted by Gasteiger charge is -2.38. The third kappa shape index (κ3) is 5.04. The van der Waals surface area contributed by atoms with Crippen molar-refractivity contribution in [3.05, 3.63) is 17.3 Å². The van der Waals surface area contributed by atoms with E-state index in [1.807, 2.05) is 12.1 Å². The number of piperidine rings is 2. The third-order valence-corrected chi connectivity index (χ3v) is 5.32. The van der Waals surface area contributed by atoms with Crippen LogP contribution >= 0.6 is 11.6 Å². The predicted octanol–water partition coefficient (Wildman–Crippen LogP) is 2.81. The van der Waals surface area contributed by atoms with Crippen LogP contribution in [0.3, 0.4) is 0 Å². The summed E-state index contributed by atoms with van der Waals surface area (Å²) in [6, 6.07) is 5.12. The summed E-state index contributed by atoms with van der Waals surface area (Å²) in [6.45, 7) is 10.4.